The van der Waals surface area contributed by atoms with Crippen molar-refractivity contribution in [3.8, 4) is 5.75 Å². The summed E-state index contributed by atoms with van der Waals surface area (Å²) in [6, 6.07) is 6.45. The topological polar surface area (TPSA) is 82.5 Å². The Morgan fingerprint density at radius 2 is 2.00 bits per heavy atom. The molecule has 0 bridgehead atoms. The molecule has 1 saturated heterocycles. The minimum absolute atomic E-state index is 0.0116. The standard InChI is InChI=1S/C12H15N3O.C8H7FO2/c16-9-14-10-2-3-11(13-6-10)15-7-12(8-15)4-1-5-12;1-5-2-6(4-10)8(11)7(9)3-5/h2-3,6,9H,1,4-5,7-8H2,(H,14,16);2-4,11H,1H3. The number of aldehydes is 1. The number of hydrogen-bond donors (Lipinski definition) is 2. The molecule has 2 N–H and O–H groups in total. The van der Waals surface area contributed by atoms with Crippen molar-refractivity contribution in [3.05, 3.63) is 47.4 Å². The fourth-order valence-electron chi connectivity index (χ4n) is 3.50. The Labute approximate surface area is 157 Å². The Kier molecular flexibility index (Phi) is 5.39. The molecule has 6 nitrogen and oxygen atoms in total. The van der Waals surface area contributed by atoms with Crippen molar-refractivity contribution in [2.75, 3.05) is 23.3 Å². The second-order valence-electron chi connectivity index (χ2n) is 7.18. The van der Waals surface area contributed by atoms with Gasteiger partial charge in [0, 0.05) is 18.5 Å². The molecule has 27 heavy (non-hydrogen) atoms. The number of nitrogens with one attached hydrogen (secondary N) is 1. The number of aromatic hydroxyl groups is 1. The molecule has 7 heteroatoms. The number of hydrogen-bond acceptors (Lipinski definition) is 5. The number of benzene rings is 1. The van der Waals surface area contributed by atoms with Crippen molar-refractivity contribution in [3.63, 3.8) is 0 Å². The number of carbonyl (C=O) groups is 2. The first kappa shape index (κ1) is 18.8. The van der Waals surface area contributed by atoms with Crippen LogP contribution in [0.3, 0.4) is 0 Å². The van der Waals surface area contributed by atoms with Gasteiger partial charge >= 0.3 is 0 Å². The molecule has 1 aromatic carbocycles. The van der Waals surface area contributed by atoms with Crippen molar-refractivity contribution in [2.45, 2.75) is 26.2 Å². The van der Waals surface area contributed by atoms with Gasteiger partial charge in [0.15, 0.2) is 17.9 Å². The molecule has 142 valence electrons. The van der Waals surface area contributed by atoms with E-state index in [1.165, 1.54) is 31.4 Å². The van der Waals surface area contributed by atoms with Crippen LogP contribution in [0.25, 0.3) is 0 Å². The maximum absolute atomic E-state index is 12.6. The van der Waals surface area contributed by atoms with E-state index in [0.29, 0.717) is 23.7 Å². The van der Waals surface area contributed by atoms with Crippen molar-refractivity contribution < 1.29 is 19.1 Å². The summed E-state index contributed by atoms with van der Waals surface area (Å²) < 4.78 is 12.6. The van der Waals surface area contributed by atoms with Crippen molar-refractivity contribution in [1.82, 2.24) is 4.98 Å². The van der Waals surface area contributed by atoms with E-state index in [9.17, 15) is 14.0 Å². The molecule has 2 fully saturated rings. The zero-order valence-corrected chi connectivity index (χ0v) is 15.1. The number of carbonyl (C=O) groups excluding carboxylic acids is 2. The van der Waals surface area contributed by atoms with Gasteiger partial charge in [-0.15, -0.1) is 0 Å². The molecule has 1 saturated carbocycles. The van der Waals surface area contributed by atoms with E-state index in [1.807, 2.05) is 12.1 Å². The zero-order chi connectivity index (χ0) is 19.4. The fourth-order valence-corrected chi connectivity index (χ4v) is 3.50. The minimum Gasteiger partial charge on any atom is -0.504 e. The van der Waals surface area contributed by atoms with Crippen LogP contribution in [-0.2, 0) is 4.79 Å². The molecule has 1 aliphatic heterocycles. The Hall–Kier alpha value is -2.96. The van der Waals surface area contributed by atoms with Gasteiger partial charge in [0.1, 0.15) is 5.82 Å². The van der Waals surface area contributed by atoms with Crippen molar-refractivity contribution in [2.24, 2.45) is 5.41 Å². The van der Waals surface area contributed by atoms with E-state index in [4.69, 9.17) is 5.11 Å². The molecule has 0 radical (unpaired) electrons. The summed E-state index contributed by atoms with van der Waals surface area (Å²) in [5, 5.41) is 11.5. The van der Waals surface area contributed by atoms with Gasteiger partial charge in [-0.25, -0.2) is 9.37 Å². The lowest BCUT2D eigenvalue weighted by Crippen LogP contribution is -2.60. The van der Waals surface area contributed by atoms with Gasteiger partial charge in [0.05, 0.1) is 17.4 Å². The minimum atomic E-state index is -0.757. The van der Waals surface area contributed by atoms with Gasteiger partial charge in [-0.1, -0.05) is 6.42 Å². The lowest BCUT2D eigenvalue weighted by Gasteiger charge is -2.56. The van der Waals surface area contributed by atoms with Gasteiger partial charge in [-0.2, -0.15) is 0 Å². The fraction of sp³-hybridized carbons (Fsp3) is 0.350. The predicted octanol–water partition coefficient (Wildman–Crippen LogP) is 3.29. The second kappa shape index (κ2) is 7.73. The number of pyridine rings is 1. The first-order valence-corrected chi connectivity index (χ1v) is 8.82. The van der Waals surface area contributed by atoms with E-state index in [2.05, 4.69) is 15.2 Å². The highest BCUT2D eigenvalue weighted by atomic mass is 19.1. The monoisotopic (exact) mass is 371 g/mol. The maximum atomic E-state index is 12.6. The average Bonchev–Trinajstić information content (AvgIpc) is 2.58. The molecule has 1 amide bonds. The number of phenols is 1. The molecule has 1 aromatic heterocycles. The van der Waals surface area contributed by atoms with Gasteiger partial charge in [-0.05, 0) is 49.6 Å². The van der Waals surface area contributed by atoms with Crippen LogP contribution in [0, 0.1) is 18.2 Å². The van der Waals surface area contributed by atoms with Crippen LogP contribution in [0.5, 0.6) is 5.75 Å². The third-order valence-electron chi connectivity index (χ3n) is 5.13. The quantitative estimate of drug-likeness (QED) is 0.806. The molecule has 2 aromatic rings. The van der Waals surface area contributed by atoms with Gasteiger partial charge in [-0.3, -0.25) is 9.59 Å². The Morgan fingerprint density at radius 3 is 2.52 bits per heavy atom. The van der Waals surface area contributed by atoms with Gasteiger partial charge in [0.25, 0.3) is 0 Å². The number of anilines is 2. The highest BCUT2D eigenvalue weighted by Crippen LogP contribution is 2.49. The maximum Gasteiger partial charge on any atom is 0.211 e. The third-order valence-corrected chi connectivity index (χ3v) is 5.13. The van der Waals surface area contributed by atoms with Crippen LogP contribution < -0.4 is 10.2 Å². The molecular formula is C20H22FN3O3. The summed E-state index contributed by atoms with van der Waals surface area (Å²) in [7, 11) is 0. The van der Waals surface area contributed by atoms with Crippen LogP contribution in [0.15, 0.2) is 30.5 Å². The van der Waals surface area contributed by atoms with Crippen LogP contribution in [0.2, 0.25) is 0 Å². The lowest BCUT2D eigenvalue weighted by atomic mass is 9.63. The smallest absolute Gasteiger partial charge is 0.211 e. The number of aromatic nitrogens is 1. The largest absolute Gasteiger partial charge is 0.504 e. The highest BCUT2D eigenvalue weighted by Gasteiger charge is 2.47. The van der Waals surface area contributed by atoms with Crippen LogP contribution in [-0.4, -0.2) is 35.9 Å². The highest BCUT2D eigenvalue weighted by molar-refractivity contribution is 5.79. The Morgan fingerprint density at radius 1 is 1.26 bits per heavy atom. The summed E-state index contributed by atoms with van der Waals surface area (Å²) in [5.74, 6) is -0.313. The first-order valence-electron chi connectivity index (χ1n) is 8.82. The molecule has 1 aliphatic carbocycles. The van der Waals surface area contributed by atoms with Gasteiger partial charge in [0.2, 0.25) is 6.41 Å². The number of nitrogens with zero attached hydrogens (tertiary/aromatic N) is 2. The van der Waals surface area contributed by atoms with E-state index in [0.717, 1.165) is 24.6 Å². The second-order valence-corrected chi connectivity index (χ2v) is 7.18. The van der Waals surface area contributed by atoms with Crippen LogP contribution in [0.1, 0.15) is 35.2 Å². The predicted molar refractivity (Wildman–Crippen MR) is 101 cm³/mol. The summed E-state index contributed by atoms with van der Waals surface area (Å²) in [4.78, 5) is 27.1. The first-order chi connectivity index (χ1) is 13.0. The normalized spacial score (nSPS) is 16.4. The number of amides is 1. The zero-order valence-electron chi connectivity index (χ0n) is 15.1. The number of halogens is 1. The summed E-state index contributed by atoms with van der Waals surface area (Å²) in [6.07, 6.45) is 6.95. The molecule has 4 rings (SSSR count). The van der Waals surface area contributed by atoms with E-state index < -0.39 is 11.6 Å². The van der Waals surface area contributed by atoms with Crippen molar-refractivity contribution >= 4 is 24.2 Å². The summed E-state index contributed by atoms with van der Waals surface area (Å²) in [6.45, 7) is 3.95. The van der Waals surface area contributed by atoms with Gasteiger partial charge < -0.3 is 15.3 Å². The lowest BCUT2D eigenvalue weighted by molar-refractivity contribution is -0.105. The number of aryl methyl sites for hydroxylation is 1. The molecule has 2 aliphatic rings. The molecule has 2 heterocycles. The molecule has 1 spiro atoms. The van der Waals surface area contributed by atoms with E-state index in [1.54, 1.807) is 13.1 Å². The number of phenolic OH excluding ortho intramolecular Hbond substituents is 1. The van der Waals surface area contributed by atoms with E-state index in [-0.39, 0.29) is 5.56 Å². The summed E-state index contributed by atoms with van der Waals surface area (Å²) >= 11 is 0. The molecule has 0 unspecified atom stereocenters. The SMILES string of the molecule is Cc1cc(F)c(O)c(C=O)c1.O=CNc1ccc(N2CC3(CCC3)C2)nc1. The summed E-state index contributed by atoms with van der Waals surface area (Å²) in [5.41, 5.74) is 1.98. The average molecular weight is 371 g/mol. The third kappa shape index (κ3) is 4.07. The Balaban J connectivity index is 0.000000168. The van der Waals surface area contributed by atoms with Crippen molar-refractivity contribution in [1.29, 1.82) is 0 Å². The number of rotatable bonds is 4. The molecular weight excluding hydrogens is 349 g/mol. The Bertz CT molecular complexity index is 827. The van der Waals surface area contributed by atoms with Crippen LogP contribution >= 0.6 is 0 Å². The van der Waals surface area contributed by atoms with E-state index >= 15 is 0 Å². The molecule has 0 atom stereocenters. The van der Waals surface area contributed by atoms with Crippen LogP contribution in [0.4, 0.5) is 15.9 Å².